The lowest BCUT2D eigenvalue weighted by Crippen LogP contribution is -2.55. The maximum atomic E-state index is 12.0. The van der Waals surface area contributed by atoms with Gasteiger partial charge in [-0.25, -0.2) is 0 Å². The lowest BCUT2D eigenvalue weighted by molar-refractivity contribution is -0.123. The molecule has 3 nitrogen and oxygen atoms in total. The molecule has 0 aromatic heterocycles. The first kappa shape index (κ1) is 10.8. The third-order valence-electron chi connectivity index (χ3n) is 4.14. The highest BCUT2D eigenvalue weighted by molar-refractivity contribution is 5.86. The van der Waals surface area contributed by atoms with Crippen LogP contribution in [0.15, 0.2) is 24.3 Å². The van der Waals surface area contributed by atoms with E-state index in [1.54, 1.807) is 0 Å². The summed E-state index contributed by atoms with van der Waals surface area (Å²) in [5.74, 6) is 0.190. The van der Waals surface area contributed by atoms with Crippen molar-refractivity contribution in [2.75, 3.05) is 6.54 Å². The lowest BCUT2D eigenvalue weighted by Gasteiger charge is -2.39. The smallest absolute Gasteiger partial charge is 0.227 e. The zero-order valence-corrected chi connectivity index (χ0v) is 9.91. The Labute approximate surface area is 101 Å². The van der Waals surface area contributed by atoms with Gasteiger partial charge >= 0.3 is 0 Å². The normalized spacial score (nSPS) is 24.2. The van der Waals surface area contributed by atoms with Gasteiger partial charge in [0, 0.05) is 12.1 Å². The van der Waals surface area contributed by atoms with Crippen molar-refractivity contribution >= 4 is 5.91 Å². The Morgan fingerprint density at radius 2 is 2.18 bits per heavy atom. The first-order chi connectivity index (χ1) is 8.18. The highest BCUT2D eigenvalue weighted by atomic mass is 16.1. The van der Waals surface area contributed by atoms with E-state index in [-0.39, 0.29) is 17.4 Å². The molecule has 0 radical (unpaired) electrons. The summed E-state index contributed by atoms with van der Waals surface area (Å²) in [6.45, 7) is 0.629. The van der Waals surface area contributed by atoms with Crippen molar-refractivity contribution in [3.63, 3.8) is 0 Å². The topological polar surface area (TPSA) is 55.1 Å². The Hall–Kier alpha value is -1.35. The molecule has 1 aromatic carbocycles. The van der Waals surface area contributed by atoms with Crippen molar-refractivity contribution in [1.82, 2.24) is 5.32 Å². The molecule has 1 fully saturated rings. The number of rotatable bonds is 3. The van der Waals surface area contributed by atoms with Gasteiger partial charge < -0.3 is 11.1 Å². The summed E-state index contributed by atoms with van der Waals surface area (Å²) in [5.41, 5.74) is 8.45. The van der Waals surface area contributed by atoms with Crippen LogP contribution >= 0.6 is 0 Å². The van der Waals surface area contributed by atoms with E-state index in [1.165, 1.54) is 17.5 Å². The van der Waals surface area contributed by atoms with Gasteiger partial charge in [-0.1, -0.05) is 24.3 Å². The highest BCUT2D eigenvalue weighted by Gasteiger charge is 2.35. The van der Waals surface area contributed by atoms with Gasteiger partial charge in [0.05, 0.1) is 5.92 Å². The lowest BCUT2D eigenvalue weighted by atomic mass is 9.75. The molecule has 2 aliphatic carbocycles. The second-order valence-corrected chi connectivity index (χ2v) is 5.39. The molecule has 3 N–H and O–H groups in total. The summed E-state index contributed by atoms with van der Waals surface area (Å²) < 4.78 is 0. The van der Waals surface area contributed by atoms with E-state index in [0.717, 1.165) is 19.3 Å². The average Bonchev–Trinajstić information content (AvgIpc) is 2.25. The molecule has 0 spiro atoms. The van der Waals surface area contributed by atoms with Crippen molar-refractivity contribution in [2.45, 2.75) is 37.1 Å². The number of amides is 1. The third kappa shape index (κ3) is 1.84. The molecule has 0 aliphatic heterocycles. The average molecular weight is 230 g/mol. The largest absolute Gasteiger partial charge is 0.354 e. The van der Waals surface area contributed by atoms with Gasteiger partial charge in [0.2, 0.25) is 5.91 Å². The minimum absolute atomic E-state index is 0.0508. The second-order valence-electron chi connectivity index (χ2n) is 5.39. The molecule has 90 valence electrons. The fourth-order valence-corrected chi connectivity index (χ4v) is 2.69. The van der Waals surface area contributed by atoms with Crippen LogP contribution in [0.25, 0.3) is 0 Å². The molecule has 2 aliphatic rings. The van der Waals surface area contributed by atoms with Gasteiger partial charge in [-0.05, 0) is 36.8 Å². The molecule has 1 atom stereocenters. The number of carbonyl (C=O) groups excluding carboxylic acids is 1. The predicted molar refractivity (Wildman–Crippen MR) is 66.7 cm³/mol. The molecule has 3 heteroatoms. The van der Waals surface area contributed by atoms with Crippen molar-refractivity contribution in [3.05, 3.63) is 35.4 Å². The number of carbonyl (C=O) groups is 1. The Morgan fingerprint density at radius 1 is 1.41 bits per heavy atom. The van der Waals surface area contributed by atoms with Crippen molar-refractivity contribution < 1.29 is 4.79 Å². The van der Waals surface area contributed by atoms with Crippen LogP contribution < -0.4 is 11.1 Å². The summed E-state index contributed by atoms with van der Waals surface area (Å²) in [6.07, 6.45) is 4.14. The maximum Gasteiger partial charge on any atom is 0.227 e. The molecular formula is C14H18N2O. The van der Waals surface area contributed by atoms with E-state index >= 15 is 0 Å². The molecule has 0 heterocycles. The first-order valence-electron chi connectivity index (χ1n) is 6.32. The molecular weight excluding hydrogens is 212 g/mol. The van der Waals surface area contributed by atoms with Gasteiger partial charge in [-0.15, -0.1) is 0 Å². The zero-order valence-electron chi connectivity index (χ0n) is 9.91. The van der Waals surface area contributed by atoms with Crippen LogP contribution in [0.1, 0.15) is 36.3 Å². The van der Waals surface area contributed by atoms with E-state index in [4.69, 9.17) is 5.73 Å². The van der Waals surface area contributed by atoms with Crippen LogP contribution in [0.4, 0.5) is 0 Å². The first-order valence-corrected chi connectivity index (χ1v) is 6.32. The number of nitrogens with two attached hydrogens (primary N) is 1. The van der Waals surface area contributed by atoms with Crippen LogP contribution in [0.2, 0.25) is 0 Å². The SMILES string of the molecule is NC1(CNC(=O)C2Cc3ccccc32)CCC1. The van der Waals surface area contributed by atoms with E-state index < -0.39 is 0 Å². The van der Waals surface area contributed by atoms with Gasteiger partial charge in [0.25, 0.3) is 0 Å². The van der Waals surface area contributed by atoms with Crippen LogP contribution in [-0.2, 0) is 11.2 Å². The number of nitrogens with one attached hydrogen (secondary N) is 1. The summed E-state index contributed by atoms with van der Waals surface area (Å²) in [5, 5.41) is 3.00. The molecule has 3 rings (SSSR count). The van der Waals surface area contributed by atoms with Crippen LogP contribution in [0, 0.1) is 0 Å². The fraction of sp³-hybridized carbons (Fsp3) is 0.500. The number of hydrogen-bond donors (Lipinski definition) is 2. The molecule has 1 aromatic rings. The van der Waals surface area contributed by atoms with Crippen molar-refractivity contribution in [3.8, 4) is 0 Å². The third-order valence-corrected chi connectivity index (χ3v) is 4.14. The molecule has 17 heavy (non-hydrogen) atoms. The summed E-state index contributed by atoms with van der Waals surface area (Å²) >= 11 is 0. The summed E-state index contributed by atoms with van der Waals surface area (Å²) in [4.78, 5) is 12.0. The number of hydrogen-bond acceptors (Lipinski definition) is 2. The quantitative estimate of drug-likeness (QED) is 0.823. The van der Waals surface area contributed by atoms with E-state index in [9.17, 15) is 4.79 Å². The van der Waals surface area contributed by atoms with Crippen molar-refractivity contribution in [2.24, 2.45) is 5.73 Å². The maximum absolute atomic E-state index is 12.0. The van der Waals surface area contributed by atoms with Crippen LogP contribution in [0.5, 0.6) is 0 Å². The Kier molecular flexibility index (Phi) is 2.44. The van der Waals surface area contributed by atoms with Gasteiger partial charge in [0.1, 0.15) is 0 Å². The van der Waals surface area contributed by atoms with Crippen molar-refractivity contribution in [1.29, 1.82) is 0 Å². The fourth-order valence-electron chi connectivity index (χ4n) is 2.69. The van der Waals surface area contributed by atoms with Gasteiger partial charge in [-0.2, -0.15) is 0 Å². The minimum Gasteiger partial charge on any atom is -0.354 e. The number of benzene rings is 1. The Bertz CT molecular complexity index is 451. The van der Waals surface area contributed by atoms with Gasteiger partial charge in [-0.3, -0.25) is 4.79 Å². The molecule has 1 unspecified atom stereocenters. The standard InChI is InChI=1S/C14H18N2O/c15-14(6-3-7-14)9-16-13(17)12-8-10-4-1-2-5-11(10)12/h1-2,4-5,12H,3,6-9,15H2,(H,16,17). The predicted octanol–water partition coefficient (Wildman–Crippen LogP) is 1.32. The monoisotopic (exact) mass is 230 g/mol. The molecule has 1 saturated carbocycles. The molecule has 0 bridgehead atoms. The Morgan fingerprint density at radius 3 is 2.82 bits per heavy atom. The summed E-state index contributed by atoms with van der Waals surface area (Å²) in [7, 11) is 0. The van der Waals surface area contributed by atoms with Crippen LogP contribution in [0.3, 0.4) is 0 Å². The minimum atomic E-state index is -0.126. The van der Waals surface area contributed by atoms with Gasteiger partial charge in [0.15, 0.2) is 0 Å². The van der Waals surface area contributed by atoms with Crippen LogP contribution in [-0.4, -0.2) is 18.0 Å². The summed E-state index contributed by atoms with van der Waals surface area (Å²) in [6, 6.07) is 8.16. The number of fused-ring (bicyclic) bond motifs is 1. The zero-order chi connectivity index (χ0) is 11.9. The Balaban J connectivity index is 1.58. The van der Waals surface area contributed by atoms with E-state index in [0.29, 0.717) is 6.54 Å². The van der Waals surface area contributed by atoms with E-state index in [1.807, 2.05) is 18.2 Å². The molecule has 1 amide bonds. The second kappa shape index (κ2) is 3.84. The molecule has 0 saturated heterocycles. The highest BCUT2D eigenvalue weighted by Crippen LogP contribution is 2.35. The van der Waals surface area contributed by atoms with E-state index in [2.05, 4.69) is 11.4 Å².